The average molecular weight is 591 g/mol. The molecule has 2 N–H and O–H groups in total. The number of rotatable bonds is 10. The molecule has 0 spiro atoms. The topological polar surface area (TPSA) is 126 Å². The minimum Gasteiger partial charge on any atom is -0.486 e. The third kappa shape index (κ3) is 6.38. The molecule has 0 saturated heterocycles. The van der Waals surface area contributed by atoms with Gasteiger partial charge < -0.3 is 19.7 Å². The summed E-state index contributed by atoms with van der Waals surface area (Å²) in [6.45, 7) is 2.71. The molecule has 0 saturated carbocycles. The van der Waals surface area contributed by atoms with E-state index < -0.39 is 27.9 Å². The molecule has 4 rings (SSSR count). The number of hydrogen-bond acceptors (Lipinski definition) is 7. The number of carbonyl (C=O) groups is 1. The van der Waals surface area contributed by atoms with Gasteiger partial charge in [0.05, 0.1) is 23.9 Å². The Bertz CT molecular complexity index is 1540. The Morgan fingerprint density at radius 2 is 2.08 bits per heavy atom. The average Bonchev–Trinajstić information content (AvgIpc) is 2.90. The number of aliphatic hydroxyl groups excluding tert-OH is 1. The Morgan fingerprint density at radius 1 is 1.30 bits per heavy atom. The van der Waals surface area contributed by atoms with Gasteiger partial charge in [0.25, 0.3) is 10.0 Å². The van der Waals surface area contributed by atoms with Crippen LogP contribution in [0.15, 0.2) is 53.6 Å². The number of allylic oxidation sites excluding steroid dienone is 1. The van der Waals surface area contributed by atoms with Crippen molar-refractivity contribution in [3.05, 3.63) is 76.2 Å². The maximum atomic E-state index is 14.5. The number of aryl methyl sites for hydroxylation is 1. The number of halogens is 2. The van der Waals surface area contributed by atoms with E-state index in [1.54, 1.807) is 44.2 Å². The summed E-state index contributed by atoms with van der Waals surface area (Å²) < 4.78 is 55.3. The smallest absolute Gasteiger partial charge is 0.303 e. The van der Waals surface area contributed by atoms with E-state index in [-0.39, 0.29) is 65.4 Å². The number of aliphatic carboxylic acids is 1. The fourth-order valence-electron chi connectivity index (χ4n) is 4.36. The standard InChI is InChI=1S/C28H28ClFN2O7S/c1-17-12-25(28(31-15-17)38-11-10-33)40(36,37)32-16-20(7-9-26(34)35)39-24-8-6-19(14-23(24)32)13-18(2)27-21(29)4-3-5-22(27)30/h3-6,8,12-15,20,33H,7,9-11,16H2,1-2H3,(H,34,35)/b18-13+/t20-/m0/s1. The van der Waals surface area contributed by atoms with Crippen LogP contribution < -0.4 is 13.8 Å². The van der Waals surface area contributed by atoms with E-state index in [0.29, 0.717) is 16.7 Å². The summed E-state index contributed by atoms with van der Waals surface area (Å²) in [7, 11) is -4.31. The lowest BCUT2D eigenvalue weighted by Gasteiger charge is -2.35. The molecule has 0 unspecified atom stereocenters. The van der Waals surface area contributed by atoms with E-state index in [4.69, 9.17) is 21.1 Å². The van der Waals surface area contributed by atoms with Gasteiger partial charge in [-0.25, -0.2) is 17.8 Å². The van der Waals surface area contributed by atoms with Crippen molar-refractivity contribution in [3.63, 3.8) is 0 Å². The molecule has 0 amide bonds. The quantitative estimate of drug-likeness (QED) is 0.318. The maximum absolute atomic E-state index is 14.5. The SMILES string of the molecule is C/C(=C\c1ccc2c(c1)N(S(=O)(=O)c1cc(C)cnc1OCCO)C[C@H](CCC(=O)O)O2)c1c(F)cccc1Cl. The molecule has 0 fully saturated rings. The molecule has 0 radical (unpaired) electrons. The molecule has 1 aromatic heterocycles. The molecule has 2 heterocycles. The highest BCUT2D eigenvalue weighted by Crippen LogP contribution is 2.41. The van der Waals surface area contributed by atoms with Crippen molar-refractivity contribution in [2.45, 2.75) is 37.7 Å². The van der Waals surface area contributed by atoms with Crippen LogP contribution in [0.3, 0.4) is 0 Å². The summed E-state index contributed by atoms with van der Waals surface area (Å²) in [5, 5.41) is 18.6. The molecule has 1 aliphatic heterocycles. The van der Waals surface area contributed by atoms with E-state index in [0.717, 1.165) is 4.31 Å². The molecule has 212 valence electrons. The number of aromatic nitrogens is 1. The van der Waals surface area contributed by atoms with Crippen LogP contribution >= 0.6 is 11.6 Å². The van der Waals surface area contributed by atoms with Gasteiger partial charge in [-0.2, -0.15) is 0 Å². The van der Waals surface area contributed by atoms with Gasteiger partial charge in [0.15, 0.2) is 0 Å². The van der Waals surface area contributed by atoms with Crippen LogP contribution in [0, 0.1) is 12.7 Å². The molecule has 40 heavy (non-hydrogen) atoms. The first-order valence-electron chi connectivity index (χ1n) is 12.4. The number of aliphatic hydroxyl groups is 1. The van der Waals surface area contributed by atoms with Crippen molar-refractivity contribution in [2.75, 3.05) is 24.1 Å². The molecule has 1 aliphatic rings. The highest BCUT2D eigenvalue weighted by Gasteiger charge is 2.37. The molecule has 0 aliphatic carbocycles. The van der Waals surface area contributed by atoms with E-state index in [1.807, 2.05) is 0 Å². The number of carboxylic acid groups (broad SMARTS) is 1. The number of pyridine rings is 1. The van der Waals surface area contributed by atoms with E-state index in [9.17, 15) is 27.8 Å². The maximum Gasteiger partial charge on any atom is 0.303 e. The molecular weight excluding hydrogens is 563 g/mol. The predicted molar refractivity (Wildman–Crippen MR) is 149 cm³/mol. The fraction of sp³-hybridized carbons (Fsp3) is 0.286. The molecular formula is C28H28ClFN2O7S. The van der Waals surface area contributed by atoms with E-state index in [1.165, 1.54) is 24.4 Å². The van der Waals surface area contributed by atoms with Gasteiger partial charge in [-0.1, -0.05) is 29.8 Å². The minimum absolute atomic E-state index is 0.0767. The highest BCUT2D eigenvalue weighted by molar-refractivity contribution is 7.93. The Balaban J connectivity index is 1.82. The van der Waals surface area contributed by atoms with Gasteiger partial charge >= 0.3 is 5.97 Å². The van der Waals surface area contributed by atoms with Gasteiger partial charge in [0.1, 0.15) is 29.2 Å². The first-order chi connectivity index (χ1) is 19.0. The molecule has 9 nitrogen and oxygen atoms in total. The highest BCUT2D eigenvalue weighted by atomic mass is 35.5. The summed E-state index contributed by atoms with van der Waals surface area (Å²) >= 11 is 6.22. The van der Waals surface area contributed by atoms with Crippen molar-refractivity contribution in [3.8, 4) is 11.6 Å². The second-order valence-electron chi connectivity index (χ2n) is 9.25. The normalized spacial score (nSPS) is 15.4. The molecule has 2 aromatic carbocycles. The zero-order valence-corrected chi connectivity index (χ0v) is 23.4. The number of nitrogens with zero attached hydrogens (tertiary/aromatic N) is 2. The summed E-state index contributed by atoms with van der Waals surface area (Å²) in [6.07, 6.45) is 2.25. The van der Waals surface area contributed by atoms with Gasteiger partial charge in [-0.15, -0.1) is 0 Å². The number of hydrogen-bond donors (Lipinski definition) is 2. The van der Waals surface area contributed by atoms with Gasteiger partial charge in [0, 0.05) is 18.2 Å². The van der Waals surface area contributed by atoms with Crippen LogP contribution in [0.25, 0.3) is 11.6 Å². The van der Waals surface area contributed by atoms with Gasteiger partial charge in [-0.05, 0) is 67.3 Å². The summed E-state index contributed by atoms with van der Waals surface area (Å²) in [5.41, 5.74) is 2.09. The number of ether oxygens (including phenoxy) is 2. The zero-order valence-electron chi connectivity index (χ0n) is 21.8. The Morgan fingerprint density at radius 3 is 2.77 bits per heavy atom. The first kappa shape index (κ1) is 29.3. The van der Waals surface area contributed by atoms with Crippen molar-refractivity contribution < 1.29 is 37.3 Å². The molecule has 12 heteroatoms. The summed E-state index contributed by atoms with van der Waals surface area (Å²) in [5.74, 6) is -1.46. The monoisotopic (exact) mass is 590 g/mol. The van der Waals surface area contributed by atoms with Crippen LogP contribution in [0.1, 0.15) is 36.5 Å². The number of anilines is 1. The van der Waals surface area contributed by atoms with E-state index >= 15 is 0 Å². The first-order valence-corrected chi connectivity index (χ1v) is 14.2. The molecule has 1 atom stereocenters. The third-order valence-electron chi connectivity index (χ3n) is 6.19. The third-order valence-corrected chi connectivity index (χ3v) is 8.28. The lowest BCUT2D eigenvalue weighted by molar-refractivity contribution is -0.137. The number of carboxylic acids is 1. The van der Waals surface area contributed by atoms with E-state index in [2.05, 4.69) is 4.98 Å². The van der Waals surface area contributed by atoms with Crippen molar-refractivity contribution in [1.29, 1.82) is 0 Å². The van der Waals surface area contributed by atoms with Crippen LogP contribution in [0.4, 0.5) is 10.1 Å². The van der Waals surface area contributed by atoms with Crippen LogP contribution in [-0.4, -0.2) is 55.4 Å². The largest absolute Gasteiger partial charge is 0.486 e. The molecule has 3 aromatic rings. The minimum atomic E-state index is -4.31. The Labute approximate surface area is 236 Å². The second kappa shape index (κ2) is 12.2. The lowest BCUT2D eigenvalue weighted by Crippen LogP contribution is -2.44. The van der Waals surface area contributed by atoms with Gasteiger partial charge in [-0.3, -0.25) is 9.10 Å². The zero-order chi connectivity index (χ0) is 29.0. The van der Waals surface area contributed by atoms with Crippen molar-refractivity contribution in [1.82, 2.24) is 4.98 Å². The molecule has 0 bridgehead atoms. The Hall–Kier alpha value is -3.67. The lowest BCUT2D eigenvalue weighted by atomic mass is 10.0. The van der Waals surface area contributed by atoms with Gasteiger partial charge in [0.2, 0.25) is 5.88 Å². The van der Waals surface area contributed by atoms with Crippen LogP contribution in [0.5, 0.6) is 11.6 Å². The number of fused-ring (bicyclic) bond motifs is 1. The number of benzene rings is 2. The fourth-order valence-corrected chi connectivity index (χ4v) is 6.34. The summed E-state index contributed by atoms with van der Waals surface area (Å²) in [6, 6.07) is 10.7. The second-order valence-corrected chi connectivity index (χ2v) is 11.5. The van der Waals surface area contributed by atoms with Crippen LogP contribution in [0.2, 0.25) is 5.02 Å². The van der Waals surface area contributed by atoms with Crippen LogP contribution in [-0.2, 0) is 14.8 Å². The van der Waals surface area contributed by atoms with Crippen molar-refractivity contribution >= 4 is 44.9 Å². The summed E-state index contributed by atoms with van der Waals surface area (Å²) in [4.78, 5) is 15.1. The predicted octanol–water partition coefficient (Wildman–Crippen LogP) is 4.94. The number of sulfonamides is 1. The Kier molecular flexibility index (Phi) is 8.97. The van der Waals surface area contributed by atoms with Crippen molar-refractivity contribution in [2.24, 2.45) is 0 Å².